The number of hydrogen-bond donors (Lipinski definition) is 1. The van der Waals surface area contributed by atoms with Gasteiger partial charge >= 0.3 is 0 Å². The maximum absolute atomic E-state index is 5.77. The highest BCUT2D eigenvalue weighted by Gasteiger charge is 2.19. The van der Waals surface area contributed by atoms with Gasteiger partial charge in [-0.05, 0) is 19.0 Å². The summed E-state index contributed by atoms with van der Waals surface area (Å²) < 4.78 is 5.41. The molecule has 0 aliphatic heterocycles. The van der Waals surface area contributed by atoms with E-state index in [0.717, 1.165) is 30.1 Å². The summed E-state index contributed by atoms with van der Waals surface area (Å²) >= 11 is 0. The SMILES string of the molecule is CN(Cc1cc(-c2ccccc2)on1)CC(C)(C)CN.Cl. The molecule has 21 heavy (non-hydrogen) atoms. The molecule has 0 spiro atoms. The maximum Gasteiger partial charge on any atom is 0.167 e. The van der Waals surface area contributed by atoms with Gasteiger partial charge in [0.1, 0.15) is 0 Å². The highest BCUT2D eigenvalue weighted by molar-refractivity contribution is 5.85. The Balaban J connectivity index is 0.00000220. The van der Waals surface area contributed by atoms with Crippen molar-refractivity contribution in [1.29, 1.82) is 0 Å². The van der Waals surface area contributed by atoms with Gasteiger partial charge in [0.15, 0.2) is 5.76 Å². The van der Waals surface area contributed by atoms with Crippen LogP contribution in [0.25, 0.3) is 11.3 Å². The van der Waals surface area contributed by atoms with Gasteiger partial charge in [-0.3, -0.25) is 4.90 Å². The Morgan fingerprint density at radius 3 is 2.52 bits per heavy atom. The van der Waals surface area contributed by atoms with Crippen LogP contribution in [-0.2, 0) is 6.54 Å². The van der Waals surface area contributed by atoms with Crippen molar-refractivity contribution in [3.05, 3.63) is 42.1 Å². The first-order chi connectivity index (χ1) is 9.50. The molecule has 2 rings (SSSR count). The Bertz CT molecular complexity index is 539. The largest absolute Gasteiger partial charge is 0.356 e. The molecule has 0 aliphatic rings. The Morgan fingerprint density at radius 2 is 1.90 bits per heavy atom. The van der Waals surface area contributed by atoms with Crippen molar-refractivity contribution >= 4 is 12.4 Å². The van der Waals surface area contributed by atoms with E-state index < -0.39 is 0 Å². The van der Waals surface area contributed by atoms with E-state index in [4.69, 9.17) is 10.3 Å². The van der Waals surface area contributed by atoms with E-state index in [0.29, 0.717) is 6.54 Å². The average Bonchev–Trinajstić information content (AvgIpc) is 2.87. The summed E-state index contributed by atoms with van der Waals surface area (Å²) in [5, 5.41) is 4.14. The molecule has 1 heterocycles. The lowest BCUT2D eigenvalue weighted by atomic mass is 9.93. The molecular formula is C16H24ClN3O. The fourth-order valence-corrected chi connectivity index (χ4v) is 2.25. The summed E-state index contributed by atoms with van der Waals surface area (Å²) in [4.78, 5) is 2.22. The number of nitrogens with zero attached hydrogens (tertiary/aromatic N) is 2. The van der Waals surface area contributed by atoms with Gasteiger partial charge in [0.2, 0.25) is 0 Å². The summed E-state index contributed by atoms with van der Waals surface area (Å²) in [7, 11) is 2.08. The van der Waals surface area contributed by atoms with E-state index in [1.54, 1.807) is 0 Å². The van der Waals surface area contributed by atoms with Crippen LogP contribution in [0.4, 0.5) is 0 Å². The lowest BCUT2D eigenvalue weighted by Crippen LogP contribution is -2.36. The first-order valence-electron chi connectivity index (χ1n) is 6.90. The van der Waals surface area contributed by atoms with Gasteiger partial charge < -0.3 is 10.3 Å². The molecule has 1 aromatic carbocycles. The third kappa shape index (κ3) is 5.16. The molecule has 0 radical (unpaired) electrons. The Labute approximate surface area is 132 Å². The predicted molar refractivity (Wildman–Crippen MR) is 88.4 cm³/mol. The number of aromatic nitrogens is 1. The zero-order chi connectivity index (χ0) is 14.6. The minimum atomic E-state index is 0. The molecule has 0 amide bonds. The van der Waals surface area contributed by atoms with Crippen molar-refractivity contribution in [1.82, 2.24) is 10.1 Å². The Hall–Kier alpha value is -1.36. The molecule has 0 saturated carbocycles. The molecule has 2 N–H and O–H groups in total. The summed E-state index contributed by atoms with van der Waals surface area (Å²) in [6, 6.07) is 12.0. The summed E-state index contributed by atoms with van der Waals surface area (Å²) in [6.07, 6.45) is 0. The van der Waals surface area contributed by atoms with Gasteiger partial charge in [-0.2, -0.15) is 0 Å². The number of benzene rings is 1. The van der Waals surface area contributed by atoms with Crippen molar-refractivity contribution in [2.24, 2.45) is 11.1 Å². The lowest BCUT2D eigenvalue weighted by molar-refractivity contribution is 0.205. The topological polar surface area (TPSA) is 55.3 Å². The van der Waals surface area contributed by atoms with E-state index in [1.807, 2.05) is 36.4 Å². The van der Waals surface area contributed by atoms with E-state index in [1.165, 1.54) is 0 Å². The zero-order valence-corrected chi connectivity index (χ0v) is 13.7. The molecular weight excluding hydrogens is 286 g/mol. The molecule has 1 aromatic heterocycles. The van der Waals surface area contributed by atoms with Gasteiger partial charge in [-0.15, -0.1) is 12.4 Å². The van der Waals surface area contributed by atoms with Crippen LogP contribution in [0, 0.1) is 5.41 Å². The monoisotopic (exact) mass is 309 g/mol. The van der Waals surface area contributed by atoms with Gasteiger partial charge in [0.05, 0.1) is 5.69 Å². The first-order valence-corrected chi connectivity index (χ1v) is 6.90. The van der Waals surface area contributed by atoms with Crippen molar-refractivity contribution in [3.8, 4) is 11.3 Å². The van der Waals surface area contributed by atoms with Gasteiger partial charge in [0.25, 0.3) is 0 Å². The van der Waals surface area contributed by atoms with Gasteiger partial charge in [-0.1, -0.05) is 49.3 Å². The van der Waals surface area contributed by atoms with E-state index in [-0.39, 0.29) is 17.8 Å². The van der Waals surface area contributed by atoms with Gasteiger partial charge in [-0.25, -0.2) is 0 Å². The van der Waals surface area contributed by atoms with Crippen LogP contribution >= 0.6 is 12.4 Å². The molecule has 0 fully saturated rings. The predicted octanol–water partition coefficient (Wildman–Crippen LogP) is 3.18. The first kappa shape index (κ1) is 17.7. The third-order valence-electron chi connectivity index (χ3n) is 3.30. The highest BCUT2D eigenvalue weighted by Crippen LogP contribution is 2.21. The van der Waals surface area contributed by atoms with Gasteiger partial charge in [0, 0.05) is 24.7 Å². The van der Waals surface area contributed by atoms with Crippen molar-refractivity contribution < 1.29 is 4.52 Å². The van der Waals surface area contributed by atoms with Crippen LogP contribution in [0.3, 0.4) is 0 Å². The molecule has 0 unspecified atom stereocenters. The second-order valence-electron chi connectivity index (χ2n) is 6.09. The second-order valence-corrected chi connectivity index (χ2v) is 6.09. The number of hydrogen-bond acceptors (Lipinski definition) is 4. The molecule has 0 atom stereocenters. The second kappa shape index (κ2) is 7.59. The quantitative estimate of drug-likeness (QED) is 0.890. The fourth-order valence-electron chi connectivity index (χ4n) is 2.25. The third-order valence-corrected chi connectivity index (χ3v) is 3.30. The minimum absolute atomic E-state index is 0. The van der Waals surface area contributed by atoms with Crippen molar-refractivity contribution in [2.75, 3.05) is 20.1 Å². The summed E-state index contributed by atoms with van der Waals surface area (Å²) in [5.41, 5.74) is 7.87. The van der Waals surface area contributed by atoms with Crippen molar-refractivity contribution in [2.45, 2.75) is 20.4 Å². The van der Waals surface area contributed by atoms with Crippen molar-refractivity contribution in [3.63, 3.8) is 0 Å². The number of nitrogens with two attached hydrogens (primary N) is 1. The van der Waals surface area contributed by atoms with Crippen LogP contribution in [-0.4, -0.2) is 30.2 Å². The molecule has 0 bridgehead atoms. The van der Waals surface area contributed by atoms with Crippen LogP contribution in [0.1, 0.15) is 19.5 Å². The Morgan fingerprint density at radius 1 is 1.24 bits per heavy atom. The standard InChI is InChI=1S/C16H23N3O.ClH/c1-16(2,11-17)12-19(3)10-14-9-15(20-18-14)13-7-5-4-6-8-13;/h4-9H,10-12,17H2,1-3H3;1H. The fraction of sp³-hybridized carbons (Fsp3) is 0.438. The Kier molecular flexibility index (Phi) is 6.40. The van der Waals surface area contributed by atoms with Crippen LogP contribution in [0.5, 0.6) is 0 Å². The normalized spacial score (nSPS) is 11.5. The minimum Gasteiger partial charge on any atom is -0.356 e. The molecule has 5 heteroatoms. The highest BCUT2D eigenvalue weighted by atomic mass is 35.5. The van der Waals surface area contributed by atoms with Crippen LogP contribution in [0.2, 0.25) is 0 Å². The van der Waals surface area contributed by atoms with Crippen LogP contribution in [0.15, 0.2) is 40.9 Å². The number of rotatable bonds is 6. The smallest absolute Gasteiger partial charge is 0.167 e. The van der Waals surface area contributed by atoms with E-state index in [9.17, 15) is 0 Å². The average molecular weight is 310 g/mol. The molecule has 2 aromatic rings. The zero-order valence-electron chi connectivity index (χ0n) is 12.9. The maximum atomic E-state index is 5.77. The number of halogens is 1. The molecule has 116 valence electrons. The molecule has 0 aliphatic carbocycles. The van der Waals surface area contributed by atoms with E-state index >= 15 is 0 Å². The summed E-state index contributed by atoms with van der Waals surface area (Å²) in [5.74, 6) is 0.812. The van der Waals surface area contributed by atoms with E-state index in [2.05, 4.69) is 31.0 Å². The molecule has 4 nitrogen and oxygen atoms in total. The van der Waals surface area contributed by atoms with Crippen LogP contribution < -0.4 is 5.73 Å². The molecule has 0 saturated heterocycles. The summed E-state index contributed by atoms with van der Waals surface area (Å²) in [6.45, 7) is 6.70. The lowest BCUT2D eigenvalue weighted by Gasteiger charge is -2.28.